The molecule has 6 nitrogen and oxygen atoms in total. The lowest BCUT2D eigenvalue weighted by Crippen LogP contribution is -2.41. The van der Waals surface area contributed by atoms with E-state index in [0.29, 0.717) is 18.7 Å². The Morgan fingerprint density at radius 3 is 2.82 bits per heavy atom. The molecule has 2 aromatic rings. The molecule has 116 valence electrons. The Morgan fingerprint density at radius 2 is 2.14 bits per heavy atom. The fraction of sp³-hybridized carbons (Fsp3) is 0.375. The van der Waals surface area contributed by atoms with E-state index in [4.69, 9.17) is 9.47 Å². The maximum Gasteiger partial charge on any atom is 0.257 e. The number of rotatable bonds is 3. The van der Waals surface area contributed by atoms with Gasteiger partial charge in [-0.05, 0) is 19.1 Å². The van der Waals surface area contributed by atoms with E-state index >= 15 is 0 Å². The van der Waals surface area contributed by atoms with E-state index in [-0.39, 0.29) is 12.0 Å². The smallest absolute Gasteiger partial charge is 0.257 e. The van der Waals surface area contributed by atoms with Crippen LogP contribution in [0.3, 0.4) is 0 Å². The van der Waals surface area contributed by atoms with Gasteiger partial charge < -0.3 is 14.4 Å². The normalized spacial score (nSPS) is 16.4. The summed E-state index contributed by atoms with van der Waals surface area (Å²) in [5.41, 5.74) is 1.46. The van der Waals surface area contributed by atoms with Gasteiger partial charge in [0.05, 0.1) is 18.3 Å². The number of carbonyl (C=O) groups excluding carboxylic acids is 1. The van der Waals surface area contributed by atoms with Gasteiger partial charge in [-0.2, -0.15) is 5.10 Å². The SMILES string of the molecule is Cc1c(C(=O)N(C)C[C@@H]2COc3ccccc3O2)cnn1C. The number of para-hydroxylation sites is 2. The van der Waals surface area contributed by atoms with Gasteiger partial charge in [0.2, 0.25) is 0 Å². The highest BCUT2D eigenvalue weighted by molar-refractivity contribution is 5.94. The number of nitrogens with zero attached hydrogens (tertiary/aromatic N) is 3. The van der Waals surface area contributed by atoms with Crippen LogP contribution in [0.25, 0.3) is 0 Å². The molecule has 6 heteroatoms. The van der Waals surface area contributed by atoms with E-state index in [0.717, 1.165) is 17.2 Å². The van der Waals surface area contributed by atoms with Gasteiger partial charge in [0, 0.05) is 19.8 Å². The first kappa shape index (κ1) is 14.4. The molecule has 1 atom stereocenters. The van der Waals surface area contributed by atoms with E-state index in [2.05, 4.69) is 5.10 Å². The summed E-state index contributed by atoms with van der Waals surface area (Å²) in [6.07, 6.45) is 1.42. The van der Waals surface area contributed by atoms with Gasteiger partial charge in [0.15, 0.2) is 17.6 Å². The van der Waals surface area contributed by atoms with E-state index < -0.39 is 0 Å². The second-order valence-electron chi connectivity index (χ2n) is 5.45. The molecule has 0 aliphatic carbocycles. The van der Waals surface area contributed by atoms with Gasteiger partial charge in [-0.15, -0.1) is 0 Å². The predicted molar refractivity (Wildman–Crippen MR) is 81.3 cm³/mol. The van der Waals surface area contributed by atoms with Crippen molar-refractivity contribution >= 4 is 5.91 Å². The number of aryl methyl sites for hydroxylation is 1. The first-order valence-corrected chi connectivity index (χ1v) is 7.19. The molecular weight excluding hydrogens is 282 g/mol. The Kier molecular flexibility index (Phi) is 3.75. The van der Waals surface area contributed by atoms with Crippen molar-refractivity contribution in [2.45, 2.75) is 13.0 Å². The molecule has 0 saturated heterocycles. The average Bonchev–Trinajstić information content (AvgIpc) is 2.86. The molecule has 0 saturated carbocycles. The van der Waals surface area contributed by atoms with E-state index in [1.165, 1.54) is 0 Å². The molecule has 1 aliphatic rings. The average molecular weight is 301 g/mol. The summed E-state index contributed by atoms with van der Waals surface area (Å²) < 4.78 is 13.2. The number of carbonyl (C=O) groups is 1. The summed E-state index contributed by atoms with van der Waals surface area (Å²) in [7, 11) is 3.58. The molecule has 0 bridgehead atoms. The molecule has 1 aliphatic heterocycles. The quantitative estimate of drug-likeness (QED) is 0.865. The Morgan fingerprint density at radius 1 is 1.41 bits per heavy atom. The predicted octanol–water partition coefficient (Wildman–Crippen LogP) is 1.64. The summed E-state index contributed by atoms with van der Waals surface area (Å²) in [6.45, 7) is 2.77. The van der Waals surface area contributed by atoms with Gasteiger partial charge in [0.25, 0.3) is 5.91 Å². The molecular formula is C16H19N3O3. The first-order chi connectivity index (χ1) is 10.6. The van der Waals surface area contributed by atoms with Crippen LogP contribution in [0, 0.1) is 6.92 Å². The van der Waals surface area contributed by atoms with Crippen LogP contribution in [0.5, 0.6) is 11.5 Å². The molecule has 3 rings (SSSR count). The summed E-state index contributed by atoms with van der Waals surface area (Å²) >= 11 is 0. The molecule has 22 heavy (non-hydrogen) atoms. The molecule has 0 spiro atoms. The van der Waals surface area contributed by atoms with Gasteiger partial charge in [0.1, 0.15) is 6.61 Å². The Bertz CT molecular complexity index is 696. The molecule has 1 aromatic carbocycles. The maximum atomic E-state index is 12.5. The topological polar surface area (TPSA) is 56.6 Å². The Balaban J connectivity index is 1.66. The third-order valence-corrected chi connectivity index (χ3v) is 3.86. The van der Waals surface area contributed by atoms with E-state index in [9.17, 15) is 4.79 Å². The zero-order valence-corrected chi connectivity index (χ0v) is 12.9. The number of hydrogen-bond acceptors (Lipinski definition) is 4. The van der Waals surface area contributed by atoms with Crippen LogP contribution in [0.15, 0.2) is 30.5 Å². The van der Waals surface area contributed by atoms with Crippen LogP contribution in [0.4, 0.5) is 0 Å². The molecule has 0 N–H and O–H groups in total. The molecule has 2 heterocycles. The number of likely N-dealkylation sites (N-methyl/N-ethyl adjacent to an activating group) is 1. The highest BCUT2D eigenvalue weighted by Gasteiger charge is 2.25. The molecule has 0 unspecified atom stereocenters. The molecule has 1 amide bonds. The highest BCUT2D eigenvalue weighted by atomic mass is 16.6. The fourth-order valence-electron chi connectivity index (χ4n) is 2.46. The summed E-state index contributed by atoms with van der Waals surface area (Å²) in [4.78, 5) is 14.1. The lowest BCUT2D eigenvalue weighted by molar-refractivity contribution is 0.0520. The van der Waals surface area contributed by atoms with Gasteiger partial charge in [-0.3, -0.25) is 9.48 Å². The summed E-state index contributed by atoms with van der Waals surface area (Å²) in [6, 6.07) is 7.55. The number of ether oxygens (including phenoxy) is 2. The van der Waals surface area contributed by atoms with Crippen molar-refractivity contribution in [1.82, 2.24) is 14.7 Å². The number of fused-ring (bicyclic) bond motifs is 1. The van der Waals surface area contributed by atoms with Crippen LogP contribution in [-0.4, -0.2) is 46.9 Å². The molecule has 1 aromatic heterocycles. The third kappa shape index (κ3) is 2.64. The van der Waals surface area contributed by atoms with Crippen molar-refractivity contribution in [1.29, 1.82) is 0 Å². The second-order valence-corrected chi connectivity index (χ2v) is 5.45. The lowest BCUT2D eigenvalue weighted by atomic mass is 10.2. The molecule has 0 fully saturated rings. The summed E-state index contributed by atoms with van der Waals surface area (Å²) in [5, 5.41) is 4.11. The number of hydrogen-bond donors (Lipinski definition) is 0. The Hall–Kier alpha value is -2.50. The van der Waals surface area contributed by atoms with Crippen molar-refractivity contribution in [2.75, 3.05) is 20.2 Å². The zero-order chi connectivity index (χ0) is 15.7. The van der Waals surface area contributed by atoms with Crippen LogP contribution >= 0.6 is 0 Å². The maximum absolute atomic E-state index is 12.5. The Labute approximate surface area is 129 Å². The number of benzene rings is 1. The van der Waals surface area contributed by atoms with Crippen molar-refractivity contribution in [3.05, 3.63) is 41.7 Å². The van der Waals surface area contributed by atoms with Crippen molar-refractivity contribution in [3.8, 4) is 11.5 Å². The minimum absolute atomic E-state index is 0.0620. The minimum atomic E-state index is -0.180. The summed E-state index contributed by atoms with van der Waals surface area (Å²) in [5.74, 6) is 1.40. The number of amides is 1. The van der Waals surface area contributed by atoms with Crippen molar-refractivity contribution < 1.29 is 14.3 Å². The monoisotopic (exact) mass is 301 g/mol. The zero-order valence-electron chi connectivity index (χ0n) is 12.9. The number of aromatic nitrogens is 2. The van der Waals surface area contributed by atoms with Gasteiger partial charge >= 0.3 is 0 Å². The third-order valence-electron chi connectivity index (χ3n) is 3.86. The van der Waals surface area contributed by atoms with E-state index in [1.807, 2.05) is 38.2 Å². The van der Waals surface area contributed by atoms with E-state index in [1.54, 1.807) is 22.8 Å². The van der Waals surface area contributed by atoms with Crippen LogP contribution in [0.1, 0.15) is 16.1 Å². The van der Waals surface area contributed by atoms with Crippen LogP contribution in [-0.2, 0) is 7.05 Å². The van der Waals surface area contributed by atoms with Crippen LogP contribution < -0.4 is 9.47 Å². The van der Waals surface area contributed by atoms with Gasteiger partial charge in [-0.25, -0.2) is 0 Å². The lowest BCUT2D eigenvalue weighted by Gasteiger charge is -2.29. The molecule has 0 radical (unpaired) electrons. The van der Waals surface area contributed by atoms with Crippen molar-refractivity contribution in [3.63, 3.8) is 0 Å². The minimum Gasteiger partial charge on any atom is -0.486 e. The first-order valence-electron chi connectivity index (χ1n) is 7.19. The second kappa shape index (κ2) is 5.71. The highest BCUT2D eigenvalue weighted by Crippen LogP contribution is 2.31. The van der Waals surface area contributed by atoms with Crippen molar-refractivity contribution in [2.24, 2.45) is 7.05 Å². The largest absolute Gasteiger partial charge is 0.486 e. The fourth-order valence-corrected chi connectivity index (χ4v) is 2.46. The van der Waals surface area contributed by atoms with Crippen LogP contribution in [0.2, 0.25) is 0 Å². The standard InChI is InChI=1S/C16H19N3O3/c1-11-13(8-17-19(11)3)16(20)18(2)9-12-10-21-14-6-4-5-7-15(14)22-12/h4-8,12H,9-10H2,1-3H3/t12-/m1/s1. The van der Waals surface area contributed by atoms with Gasteiger partial charge in [-0.1, -0.05) is 12.1 Å².